The largest absolute Gasteiger partial charge is 0.481 e. The summed E-state index contributed by atoms with van der Waals surface area (Å²) < 4.78 is 125. The summed E-state index contributed by atoms with van der Waals surface area (Å²) in [6, 6.07) is 0.701. The molecule has 2 aromatic carbocycles. The van der Waals surface area contributed by atoms with Crippen molar-refractivity contribution in [2.24, 2.45) is 0 Å². The maximum absolute atomic E-state index is 13.4. The van der Waals surface area contributed by atoms with Crippen LogP contribution in [0.4, 0.5) is 50.0 Å². The second kappa shape index (κ2) is 10.3. The molecule has 0 saturated heterocycles. The number of hydrogen-bond donors (Lipinski definition) is 2. The molecule has 1 amide bonds. The molecule has 1 aliphatic heterocycles. The van der Waals surface area contributed by atoms with Crippen molar-refractivity contribution < 1.29 is 58.9 Å². The highest BCUT2D eigenvalue weighted by atomic mass is 19.4. The summed E-state index contributed by atoms with van der Waals surface area (Å²) >= 11 is 0. The Labute approximate surface area is 209 Å². The number of anilines is 1. The molecule has 1 unspecified atom stereocenters. The van der Waals surface area contributed by atoms with E-state index in [0.717, 1.165) is 13.2 Å². The molecular weight excluding hydrogens is 539 g/mol. The number of alkyl halides is 9. The first kappa shape index (κ1) is 28.9. The van der Waals surface area contributed by atoms with Crippen molar-refractivity contribution in [1.82, 2.24) is 4.90 Å². The summed E-state index contributed by atoms with van der Waals surface area (Å²) in [5.74, 6) is -1.30. The summed E-state index contributed by atoms with van der Waals surface area (Å²) in [4.78, 5) is 24.6. The Balaban J connectivity index is 2.15. The van der Waals surface area contributed by atoms with Gasteiger partial charge in [0.1, 0.15) is 0 Å². The van der Waals surface area contributed by atoms with Crippen molar-refractivity contribution in [2.45, 2.75) is 50.0 Å². The number of benzene rings is 2. The monoisotopic (exact) mass is 558 g/mol. The first-order chi connectivity index (χ1) is 17.4. The maximum Gasteiger partial charge on any atom is 0.416 e. The number of carbonyl (C=O) groups is 2. The van der Waals surface area contributed by atoms with Gasteiger partial charge in [0.15, 0.2) is 0 Å². The summed E-state index contributed by atoms with van der Waals surface area (Å²) in [6.45, 7) is -0.917. The SMILES string of the molecule is COC(=O)N(Cc1cc(C(F)(F)F)cc(C(F)(F)F)c1)C1C[C@@H](CC(=O)O)Nc2ccc(C(F)(F)F)cc21. The van der Waals surface area contributed by atoms with E-state index in [4.69, 9.17) is 0 Å². The van der Waals surface area contributed by atoms with Crippen LogP contribution in [0, 0.1) is 0 Å². The fourth-order valence-electron chi connectivity index (χ4n) is 4.19. The lowest BCUT2D eigenvalue weighted by Gasteiger charge is -2.39. The average molecular weight is 558 g/mol. The number of methoxy groups -OCH3 is 1. The number of carboxylic acid groups (broad SMARTS) is 1. The van der Waals surface area contributed by atoms with Crippen LogP contribution in [-0.4, -0.2) is 35.2 Å². The Bertz CT molecular complexity index is 1180. The predicted molar refractivity (Wildman–Crippen MR) is 113 cm³/mol. The number of hydrogen-bond acceptors (Lipinski definition) is 4. The Kier molecular flexibility index (Phi) is 7.80. The van der Waals surface area contributed by atoms with Crippen molar-refractivity contribution >= 4 is 17.7 Å². The first-order valence-corrected chi connectivity index (χ1v) is 10.7. The van der Waals surface area contributed by atoms with Crippen LogP contribution < -0.4 is 5.32 Å². The Morgan fingerprint density at radius 3 is 1.95 bits per heavy atom. The highest BCUT2D eigenvalue weighted by molar-refractivity contribution is 5.72. The van der Waals surface area contributed by atoms with E-state index in [1.54, 1.807) is 0 Å². The van der Waals surface area contributed by atoms with Crippen LogP contribution in [0.5, 0.6) is 0 Å². The molecule has 0 radical (unpaired) electrons. The second-order valence-corrected chi connectivity index (χ2v) is 8.50. The molecule has 0 fully saturated rings. The van der Waals surface area contributed by atoms with Gasteiger partial charge in [-0.05, 0) is 53.9 Å². The van der Waals surface area contributed by atoms with Gasteiger partial charge in [0.2, 0.25) is 0 Å². The number of halogens is 9. The number of carbonyl (C=O) groups excluding carboxylic acids is 1. The molecule has 0 bridgehead atoms. The van der Waals surface area contributed by atoms with E-state index in [-0.39, 0.29) is 23.7 Å². The Morgan fingerprint density at radius 1 is 0.921 bits per heavy atom. The molecule has 15 heteroatoms. The lowest BCUT2D eigenvalue weighted by molar-refractivity contribution is -0.143. The summed E-state index contributed by atoms with van der Waals surface area (Å²) in [6.07, 6.45) is -17.3. The Morgan fingerprint density at radius 2 is 1.47 bits per heavy atom. The third-order valence-electron chi connectivity index (χ3n) is 5.81. The average Bonchev–Trinajstić information content (AvgIpc) is 2.79. The van der Waals surface area contributed by atoms with E-state index in [1.807, 2.05) is 0 Å². The number of nitrogens with one attached hydrogen (secondary N) is 1. The molecule has 2 N–H and O–H groups in total. The zero-order valence-electron chi connectivity index (χ0n) is 19.3. The zero-order chi connectivity index (χ0) is 28.6. The minimum Gasteiger partial charge on any atom is -0.481 e. The van der Waals surface area contributed by atoms with Gasteiger partial charge in [0.25, 0.3) is 0 Å². The molecule has 2 atom stereocenters. The second-order valence-electron chi connectivity index (χ2n) is 8.50. The molecule has 6 nitrogen and oxygen atoms in total. The molecule has 0 saturated carbocycles. The zero-order valence-corrected chi connectivity index (χ0v) is 19.3. The molecule has 38 heavy (non-hydrogen) atoms. The van der Waals surface area contributed by atoms with Gasteiger partial charge in [-0.2, -0.15) is 39.5 Å². The smallest absolute Gasteiger partial charge is 0.416 e. The van der Waals surface area contributed by atoms with E-state index in [2.05, 4.69) is 10.1 Å². The molecule has 0 aromatic heterocycles. The van der Waals surface area contributed by atoms with E-state index in [0.29, 0.717) is 29.2 Å². The van der Waals surface area contributed by atoms with Gasteiger partial charge in [-0.1, -0.05) is 0 Å². The van der Waals surface area contributed by atoms with Crippen molar-refractivity contribution in [1.29, 1.82) is 0 Å². The molecule has 1 aliphatic rings. The fraction of sp³-hybridized carbons (Fsp3) is 0.391. The van der Waals surface area contributed by atoms with Crippen LogP contribution in [0.2, 0.25) is 0 Å². The molecule has 2 aromatic rings. The van der Waals surface area contributed by atoms with Crippen molar-refractivity contribution in [2.75, 3.05) is 12.4 Å². The highest BCUT2D eigenvalue weighted by Gasteiger charge is 2.40. The van der Waals surface area contributed by atoms with Gasteiger partial charge in [-0.25, -0.2) is 4.79 Å². The standard InChI is InChI=1S/C23H19F9N2O4/c1-38-20(37)34(10-11-4-13(22(27,28)29)6-14(5-11)23(30,31)32)18-8-15(9-19(35)36)33-17-3-2-12(7-16(17)18)21(24,25)26/h2-7,15,18,33H,8-10H2,1H3,(H,35,36)/t15-,18?/m0/s1. The van der Waals surface area contributed by atoms with Crippen LogP contribution in [0.25, 0.3) is 0 Å². The van der Waals surface area contributed by atoms with E-state index in [1.165, 1.54) is 0 Å². The molecule has 0 aliphatic carbocycles. The third-order valence-corrected chi connectivity index (χ3v) is 5.81. The van der Waals surface area contributed by atoms with E-state index >= 15 is 0 Å². The van der Waals surface area contributed by atoms with Crippen molar-refractivity contribution in [3.8, 4) is 0 Å². The maximum atomic E-state index is 13.4. The van der Waals surface area contributed by atoms with Crippen molar-refractivity contribution in [3.63, 3.8) is 0 Å². The minimum absolute atomic E-state index is 0.00873. The van der Waals surface area contributed by atoms with E-state index in [9.17, 15) is 54.2 Å². The van der Waals surface area contributed by atoms with E-state index < -0.39 is 77.9 Å². The summed E-state index contributed by atoms with van der Waals surface area (Å²) in [7, 11) is 0.867. The number of amides is 1. The number of carboxylic acids is 1. The highest BCUT2D eigenvalue weighted by Crippen LogP contribution is 2.43. The molecular formula is C23H19F9N2O4. The first-order valence-electron chi connectivity index (χ1n) is 10.7. The predicted octanol–water partition coefficient (Wildman–Crippen LogP) is 6.71. The van der Waals surface area contributed by atoms with Gasteiger partial charge >= 0.3 is 30.6 Å². The van der Waals surface area contributed by atoms with Gasteiger partial charge in [0, 0.05) is 18.3 Å². The normalized spacial score (nSPS) is 17.8. The molecule has 208 valence electrons. The van der Waals surface area contributed by atoms with Crippen LogP contribution in [0.3, 0.4) is 0 Å². The van der Waals surface area contributed by atoms with Crippen molar-refractivity contribution in [3.05, 3.63) is 64.2 Å². The molecule has 3 rings (SSSR count). The van der Waals surface area contributed by atoms with Crippen LogP contribution in [-0.2, 0) is 34.6 Å². The summed E-state index contributed by atoms with van der Waals surface area (Å²) in [5, 5.41) is 11.9. The molecule has 1 heterocycles. The van der Waals surface area contributed by atoms with Crippen LogP contribution >= 0.6 is 0 Å². The van der Waals surface area contributed by atoms with Gasteiger partial charge < -0.3 is 15.2 Å². The lowest BCUT2D eigenvalue weighted by atomic mass is 9.88. The number of ether oxygens (including phenoxy) is 1. The minimum atomic E-state index is -5.18. The number of nitrogens with zero attached hydrogens (tertiary/aromatic N) is 1. The number of aliphatic carboxylic acids is 1. The van der Waals surface area contributed by atoms with Crippen LogP contribution in [0.15, 0.2) is 36.4 Å². The lowest BCUT2D eigenvalue weighted by Crippen LogP contribution is -2.41. The Hall–Kier alpha value is -3.65. The number of rotatable bonds is 5. The topological polar surface area (TPSA) is 78.9 Å². The molecule has 0 spiro atoms. The fourth-order valence-corrected chi connectivity index (χ4v) is 4.19. The quantitative estimate of drug-likeness (QED) is 0.399. The third kappa shape index (κ3) is 6.61. The van der Waals surface area contributed by atoms with Gasteiger partial charge in [-0.3, -0.25) is 9.69 Å². The van der Waals surface area contributed by atoms with Gasteiger partial charge in [0.05, 0.1) is 36.3 Å². The van der Waals surface area contributed by atoms with Gasteiger partial charge in [-0.15, -0.1) is 0 Å². The summed E-state index contributed by atoms with van der Waals surface area (Å²) in [5.41, 5.74) is -5.23. The number of fused-ring (bicyclic) bond motifs is 1. The van der Waals surface area contributed by atoms with Crippen LogP contribution in [0.1, 0.15) is 46.7 Å².